The van der Waals surface area contributed by atoms with Crippen LogP contribution in [0.1, 0.15) is 46.5 Å². The molecule has 0 aliphatic heterocycles. The number of aliphatic hydroxyl groups is 1. The van der Waals surface area contributed by atoms with Crippen molar-refractivity contribution in [2.75, 3.05) is 0 Å². The fraction of sp³-hybridized carbons (Fsp3) is 0.800. The lowest BCUT2D eigenvalue weighted by atomic mass is 9.52. The van der Waals surface area contributed by atoms with Crippen molar-refractivity contribution in [1.29, 1.82) is 0 Å². The van der Waals surface area contributed by atoms with Crippen LogP contribution < -0.4 is 0 Å². The van der Waals surface area contributed by atoms with E-state index in [2.05, 4.69) is 25.6 Å². The molecule has 3 nitrogen and oxygen atoms in total. The van der Waals surface area contributed by atoms with Gasteiger partial charge in [0.05, 0.1) is 5.71 Å². The maximum atomic E-state index is 10.4. The maximum Gasteiger partial charge on any atom is 0.102 e. The summed E-state index contributed by atoms with van der Waals surface area (Å²) >= 11 is 0. The molecule has 2 fully saturated rings. The molecule has 3 heteroatoms. The molecule has 0 bridgehead atoms. The number of hydrogen-bond acceptors (Lipinski definition) is 3. The quantitative estimate of drug-likeness (QED) is 0.427. The Morgan fingerprint density at radius 1 is 1.44 bits per heavy atom. The Balaban J connectivity index is 2.40. The van der Waals surface area contributed by atoms with Crippen molar-refractivity contribution >= 4 is 5.71 Å². The van der Waals surface area contributed by atoms with Crippen LogP contribution in [0.2, 0.25) is 0 Å². The molecule has 0 aromatic carbocycles. The van der Waals surface area contributed by atoms with Crippen LogP contribution in [-0.2, 0) is 0 Å². The maximum absolute atomic E-state index is 10.4. The number of aliphatic hydroxyl groups excluding tert-OH is 1. The molecule has 2 aliphatic rings. The highest BCUT2D eigenvalue weighted by Crippen LogP contribution is 2.54. The lowest BCUT2D eigenvalue weighted by molar-refractivity contribution is 0.00941. The molecule has 18 heavy (non-hydrogen) atoms. The normalized spacial score (nSPS) is 46.8. The van der Waals surface area contributed by atoms with Crippen molar-refractivity contribution in [1.82, 2.24) is 0 Å². The van der Waals surface area contributed by atoms with Crippen molar-refractivity contribution in [3.8, 4) is 0 Å². The molecule has 0 spiro atoms. The number of fused-ring (bicyclic) bond motifs is 1. The molecule has 0 radical (unpaired) electrons. The van der Waals surface area contributed by atoms with Gasteiger partial charge in [0.25, 0.3) is 0 Å². The van der Waals surface area contributed by atoms with Gasteiger partial charge in [0.1, 0.15) is 6.10 Å². The molecule has 2 rings (SSSR count). The second kappa shape index (κ2) is 4.69. The number of hydrogen-bond donors (Lipinski definition) is 2. The van der Waals surface area contributed by atoms with Gasteiger partial charge in [0, 0.05) is 11.8 Å². The zero-order valence-electron chi connectivity index (χ0n) is 11.7. The van der Waals surface area contributed by atoms with Crippen molar-refractivity contribution in [3.63, 3.8) is 0 Å². The van der Waals surface area contributed by atoms with E-state index in [4.69, 9.17) is 0 Å². The summed E-state index contributed by atoms with van der Waals surface area (Å²) in [4.78, 5) is 0. The third-order valence-electron chi connectivity index (χ3n) is 5.50. The second-order valence-electron chi connectivity index (χ2n) is 6.52. The lowest BCUT2D eigenvalue weighted by Crippen LogP contribution is -2.53. The smallest absolute Gasteiger partial charge is 0.102 e. The third kappa shape index (κ3) is 1.89. The van der Waals surface area contributed by atoms with Gasteiger partial charge in [-0.05, 0) is 31.1 Å². The fourth-order valence-electron chi connectivity index (χ4n) is 4.03. The monoisotopic (exact) mass is 251 g/mol. The van der Waals surface area contributed by atoms with E-state index >= 15 is 0 Å². The zero-order valence-corrected chi connectivity index (χ0v) is 11.7. The molecule has 5 atom stereocenters. The van der Waals surface area contributed by atoms with Crippen LogP contribution in [0.25, 0.3) is 0 Å². The molecule has 2 saturated carbocycles. The number of rotatable bonds is 1. The van der Waals surface area contributed by atoms with Gasteiger partial charge in [-0.25, -0.2) is 0 Å². The Morgan fingerprint density at radius 2 is 2.11 bits per heavy atom. The van der Waals surface area contributed by atoms with Crippen LogP contribution in [-0.4, -0.2) is 22.1 Å². The number of nitrogens with zero attached hydrogens (tertiary/aromatic N) is 1. The van der Waals surface area contributed by atoms with Gasteiger partial charge in [0.15, 0.2) is 0 Å². The predicted molar refractivity (Wildman–Crippen MR) is 72.8 cm³/mol. The topological polar surface area (TPSA) is 52.8 Å². The van der Waals surface area contributed by atoms with Crippen LogP contribution in [0.5, 0.6) is 0 Å². The summed E-state index contributed by atoms with van der Waals surface area (Å²) in [6.07, 6.45) is 3.71. The Bertz CT molecular complexity index is 377. The van der Waals surface area contributed by atoms with Crippen LogP contribution in [0.4, 0.5) is 0 Å². The highest BCUT2D eigenvalue weighted by Gasteiger charge is 2.52. The van der Waals surface area contributed by atoms with E-state index in [1.165, 1.54) is 6.42 Å². The van der Waals surface area contributed by atoms with Gasteiger partial charge in [0.2, 0.25) is 0 Å². The van der Waals surface area contributed by atoms with Crippen molar-refractivity contribution in [2.24, 2.45) is 28.3 Å². The van der Waals surface area contributed by atoms with Gasteiger partial charge >= 0.3 is 0 Å². The van der Waals surface area contributed by atoms with E-state index in [1.54, 1.807) is 0 Å². The molecule has 2 N–H and O–H groups in total. The van der Waals surface area contributed by atoms with Crippen LogP contribution in [0.3, 0.4) is 0 Å². The molecule has 0 aromatic rings. The Morgan fingerprint density at radius 3 is 2.67 bits per heavy atom. The average molecular weight is 251 g/mol. The van der Waals surface area contributed by atoms with Gasteiger partial charge in [-0.1, -0.05) is 44.0 Å². The first kappa shape index (κ1) is 13.6. The molecular weight excluding hydrogens is 226 g/mol. The Hall–Kier alpha value is -0.830. The summed E-state index contributed by atoms with van der Waals surface area (Å²) < 4.78 is 0. The molecule has 0 amide bonds. The van der Waals surface area contributed by atoms with Crippen molar-refractivity contribution in [2.45, 2.75) is 52.6 Å². The molecule has 102 valence electrons. The average Bonchev–Trinajstić information content (AvgIpc) is 2.31. The van der Waals surface area contributed by atoms with E-state index in [1.807, 2.05) is 6.92 Å². The minimum Gasteiger partial charge on any atom is -0.411 e. The summed E-state index contributed by atoms with van der Waals surface area (Å²) in [6, 6.07) is 0. The van der Waals surface area contributed by atoms with Crippen LogP contribution >= 0.6 is 0 Å². The van der Waals surface area contributed by atoms with E-state index in [0.717, 1.165) is 24.8 Å². The molecule has 0 saturated heterocycles. The SMILES string of the molecule is C=C(C)C1CC2(C)C(C)CCCC2/C(=N\O)C1O. The van der Waals surface area contributed by atoms with Gasteiger partial charge < -0.3 is 10.3 Å². The molecule has 5 unspecified atom stereocenters. The number of oxime groups is 1. The van der Waals surface area contributed by atoms with E-state index < -0.39 is 6.10 Å². The third-order valence-corrected chi connectivity index (χ3v) is 5.50. The summed E-state index contributed by atoms with van der Waals surface area (Å²) in [7, 11) is 0. The first-order valence-electron chi connectivity index (χ1n) is 6.97. The Labute approximate surface area is 110 Å². The summed E-state index contributed by atoms with van der Waals surface area (Å²) in [5.74, 6) is 0.844. The van der Waals surface area contributed by atoms with Gasteiger partial charge in [-0.15, -0.1) is 0 Å². The van der Waals surface area contributed by atoms with Gasteiger partial charge in [-0.3, -0.25) is 0 Å². The highest BCUT2D eigenvalue weighted by molar-refractivity contribution is 5.92. The van der Waals surface area contributed by atoms with E-state index in [0.29, 0.717) is 11.6 Å². The molecular formula is C15H25NO2. The van der Waals surface area contributed by atoms with Crippen molar-refractivity contribution in [3.05, 3.63) is 12.2 Å². The first-order valence-corrected chi connectivity index (χ1v) is 6.97. The molecule has 2 aliphatic carbocycles. The zero-order chi connectivity index (χ0) is 13.5. The van der Waals surface area contributed by atoms with Gasteiger partial charge in [-0.2, -0.15) is 0 Å². The first-order chi connectivity index (χ1) is 8.41. The van der Waals surface area contributed by atoms with E-state index in [-0.39, 0.29) is 17.3 Å². The predicted octanol–water partition coefficient (Wildman–Crippen LogP) is 3.22. The molecule has 0 heterocycles. The second-order valence-corrected chi connectivity index (χ2v) is 6.52. The minimum absolute atomic E-state index is 0.0256. The highest BCUT2D eigenvalue weighted by atomic mass is 16.4. The van der Waals surface area contributed by atoms with E-state index in [9.17, 15) is 10.3 Å². The van der Waals surface area contributed by atoms with Crippen molar-refractivity contribution < 1.29 is 10.3 Å². The lowest BCUT2D eigenvalue weighted by Gasteiger charge is -2.53. The summed E-state index contributed by atoms with van der Waals surface area (Å²) in [5.41, 5.74) is 1.70. The minimum atomic E-state index is -0.657. The largest absolute Gasteiger partial charge is 0.411 e. The molecule has 0 aromatic heterocycles. The summed E-state index contributed by atoms with van der Waals surface area (Å²) in [5, 5.41) is 23.1. The standard InChI is InChI=1S/C15H25NO2/c1-9(2)11-8-15(4)10(3)6-5-7-12(15)13(16-18)14(11)17/h10-12,14,17-18H,1,5-8H2,2-4H3/b16-13+. The summed E-state index contributed by atoms with van der Waals surface area (Å²) in [6.45, 7) is 10.5. The van der Waals surface area contributed by atoms with Crippen LogP contribution in [0.15, 0.2) is 17.3 Å². The van der Waals surface area contributed by atoms with Crippen LogP contribution in [0, 0.1) is 23.2 Å². The Kier molecular flexibility index (Phi) is 3.54. The fourth-order valence-corrected chi connectivity index (χ4v) is 4.03.